The molecule has 5 rings (SSSR count). The standard InChI is InChI=1S/C34H33N3O6S/c1-22(36(5)44(41,42)28-20-14-25(15-21-28)34(2,3)4)31-35-30-9-7-6-8-29(30)32(38)37(31)26-16-10-23(11-17-26)24-12-18-27(19-13-24)43-33(39)40/h6-22H,1-5H3,(H,39,40). The summed E-state index contributed by atoms with van der Waals surface area (Å²) in [6.45, 7) is 7.90. The van der Waals surface area contributed by atoms with Crippen molar-refractivity contribution >= 4 is 27.1 Å². The second-order valence-electron chi connectivity index (χ2n) is 11.5. The van der Waals surface area contributed by atoms with Crippen LogP contribution in [0.25, 0.3) is 27.7 Å². The molecule has 1 aromatic heterocycles. The molecule has 9 nitrogen and oxygen atoms in total. The van der Waals surface area contributed by atoms with Crippen LogP contribution < -0.4 is 10.3 Å². The molecule has 0 radical (unpaired) electrons. The third kappa shape index (κ3) is 5.99. The lowest BCUT2D eigenvalue weighted by Crippen LogP contribution is -2.35. The van der Waals surface area contributed by atoms with Gasteiger partial charge in [0, 0.05) is 7.05 Å². The summed E-state index contributed by atoms with van der Waals surface area (Å²) in [6.07, 6.45) is -1.39. The molecule has 0 aliphatic carbocycles. The average Bonchev–Trinajstić information content (AvgIpc) is 3.00. The molecule has 0 bridgehead atoms. The van der Waals surface area contributed by atoms with Gasteiger partial charge in [0.1, 0.15) is 11.6 Å². The minimum absolute atomic E-state index is 0.125. The van der Waals surface area contributed by atoms with E-state index in [2.05, 4.69) is 25.5 Å². The van der Waals surface area contributed by atoms with E-state index in [1.165, 1.54) is 15.9 Å². The normalized spacial score (nSPS) is 12.8. The lowest BCUT2D eigenvalue weighted by atomic mass is 9.87. The second kappa shape index (κ2) is 11.7. The first-order valence-corrected chi connectivity index (χ1v) is 15.4. The third-order valence-corrected chi connectivity index (χ3v) is 9.58. The zero-order chi connectivity index (χ0) is 31.8. The molecule has 10 heteroatoms. The van der Waals surface area contributed by atoms with Crippen LogP contribution in [0.2, 0.25) is 0 Å². The van der Waals surface area contributed by atoms with Gasteiger partial charge in [-0.2, -0.15) is 4.31 Å². The topological polar surface area (TPSA) is 119 Å². The molecule has 0 spiro atoms. The summed E-state index contributed by atoms with van der Waals surface area (Å²) in [7, 11) is -2.45. The summed E-state index contributed by atoms with van der Waals surface area (Å²) >= 11 is 0. The fraction of sp³-hybridized carbons (Fsp3) is 0.206. The van der Waals surface area contributed by atoms with Gasteiger partial charge in [0.25, 0.3) is 5.56 Å². The largest absolute Gasteiger partial charge is 0.511 e. The van der Waals surface area contributed by atoms with Crippen molar-refractivity contribution in [2.24, 2.45) is 0 Å². The van der Waals surface area contributed by atoms with Crippen molar-refractivity contribution in [3.05, 3.63) is 119 Å². The van der Waals surface area contributed by atoms with Gasteiger partial charge in [-0.15, -0.1) is 0 Å². The molecule has 5 aromatic rings. The van der Waals surface area contributed by atoms with E-state index in [-0.39, 0.29) is 27.4 Å². The van der Waals surface area contributed by atoms with Crippen molar-refractivity contribution in [1.82, 2.24) is 13.9 Å². The Morgan fingerprint density at radius 2 is 1.45 bits per heavy atom. The van der Waals surface area contributed by atoms with E-state index in [4.69, 9.17) is 10.1 Å². The maximum atomic E-state index is 13.9. The van der Waals surface area contributed by atoms with Crippen LogP contribution in [0.3, 0.4) is 0 Å². The molecular formula is C34H33N3O6S. The first kappa shape index (κ1) is 30.7. The minimum atomic E-state index is -3.94. The quantitative estimate of drug-likeness (QED) is 0.159. The number of rotatable bonds is 7. The van der Waals surface area contributed by atoms with Crippen molar-refractivity contribution < 1.29 is 23.1 Å². The van der Waals surface area contributed by atoms with Gasteiger partial charge in [0.2, 0.25) is 10.0 Å². The van der Waals surface area contributed by atoms with Crippen molar-refractivity contribution in [3.63, 3.8) is 0 Å². The predicted octanol–water partition coefficient (Wildman–Crippen LogP) is 6.79. The van der Waals surface area contributed by atoms with Crippen LogP contribution >= 0.6 is 0 Å². The van der Waals surface area contributed by atoms with Gasteiger partial charge in [-0.1, -0.05) is 69.3 Å². The van der Waals surface area contributed by atoms with Crippen molar-refractivity contribution in [3.8, 4) is 22.6 Å². The van der Waals surface area contributed by atoms with Crippen LogP contribution in [0.5, 0.6) is 5.75 Å². The smallest absolute Gasteiger partial charge is 0.449 e. The van der Waals surface area contributed by atoms with Gasteiger partial charge in [0.15, 0.2) is 0 Å². The Morgan fingerprint density at radius 3 is 2.02 bits per heavy atom. The molecule has 0 saturated carbocycles. The Bertz CT molecular complexity index is 2000. The summed E-state index contributed by atoms with van der Waals surface area (Å²) in [5.41, 5.74) is 3.20. The number of hydrogen-bond donors (Lipinski definition) is 1. The summed E-state index contributed by atoms with van der Waals surface area (Å²) in [6, 6.07) is 26.8. The SMILES string of the molecule is CC(c1nc2ccccc2c(=O)n1-c1ccc(-c2ccc(OC(=O)O)cc2)cc1)N(C)S(=O)(=O)c1ccc(C(C)(C)C)cc1. The van der Waals surface area contributed by atoms with E-state index in [9.17, 15) is 18.0 Å². The van der Waals surface area contributed by atoms with Crippen LogP contribution in [0.1, 0.15) is 45.1 Å². The molecule has 1 atom stereocenters. The molecule has 4 aromatic carbocycles. The molecule has 226 valence electrons. The number of nitrogens with zero attached hydrogens (tertiary/aromatic N) is 3. The summed E-state index contributed by atoms with van der Waals surface area (Å²) in [5.74, 6) is 0.475. The van der Waals surface area contributed by atoms with Gasteiger partial charge in [0.05, 0.1) is 27.5 Å². The molecule has 0 saturated heterocycles. The number of aromatic nitrogens is 2. The van der Waals surface area contributed by atoms with E-state index in [1.54, 1.807) is 79.7 Å². The van der Waals surface area contributed by atoms with E-state index in [0.29, 0.717) is 16.6 Å². The maximum absolute atomic E-state index is 13.9. The van der Waals surface area contributed by atoms with Crippen molar-refractivity contribution in [1.29, 1.82) is 0 Å². The third-order valence-electron chi connectivity index (χ3n) is 7.64. The van der Waals surface area contributed by atoms with Gasteiger partial charge in [-0.25, -0.2) is 18.2 Å². The van der Waals surface area contributed by atoms with Crippen LogP contribution in [-0.4, -0.2) is 40.6 Å². The summed E-state index contributed by atoms with van der Waals surface area (Å²) in [4.78, 5) is 29.7. The van der Waals surface area contributed by atoms with E-state index in [0.717, 1.165) is 16.7 Å². The van der Waals surface area contributed by atoms with E-state index in [1.807, 2.05) is 24.3 Å². The molecule has 0 aliphatic heterocycles. The molecule has 1 heterocycles. The Morgan fingerprint density at radius 1 is 0.886 bits per heavy atom. The molecular weight excluding hydrogens is 578 g/mol. The number of para-hydroxylation sites is 1. The number of benzene rings is 4. The molecule has 1 N–H and O–H groups in total. The fourth-order valence-corrected chi connectivity index (χ4v) is 6.29. The Hall–Kier alpha value is -4.80. The number of carboxylic acid groups (broad SMARTS) is 1. The maximum Gasteiger partial charge on any atom is 0.511 e. The summed E-state index contributed by atoms with van der Waals surface area (Å²) in [5, 5.41) is 9.23. The highest BCUT2D eigenvalue weighted by atomic mass is 32.2. The van der Waals surface area contributed by atoms with Crippen molar-refractivity contribution in [2.75, 3.05) is 7.05 Å². The van der Waals surface area contributed by atoms with Gasteiger partial charge < -0.3 is 9.84 Å². The number of hydrogen-bond acceptors (Lipinski definition) is 6. The van der Waals surface area contributed by atoms with E-state index < -0.39 is 22.2 Å². The van der Waals surface area contributed by atoms with Crippen molar-refractivity contribution in [2.45, 2.75) is 44.0 Å². The molecule has 0 fully saturated rings. The lowest BCUT2D eigenvalue weighted by molar-refractivity contribution is 0.144. The number of carbonyl (C=O) groups is 1. The lowest BCUT2D eigenvalue weighted by Gasteiger charge is -2.27. The number of fused-ring (bicyclic) bond motifs is 1. The zero-order valence-electron chi connectivity index (χ0n) is 25.1. The molecule has 1 unspecified atom stereocenters. The van der Waals surface area contributed by atoms with E-state index >= 15 is 0 Å². The Labute approximate surface area is 256 Å². The van der Waals surface area contributed by atoms with Gasteiger partial charge in [-0.05, 0) is 77.6 Å². The second-order valence-corrected chi connectivity index (χ2v) is 13.5. The highest BCUT2D eigenvalue weighted by Gasteiger charge is 2.30. The number of sulfonamides is 1. The summed E-state index contributed by atoms with van der Waals surface area (Å²) < 4.78 is 34.9. The Kier molecular flexibility index (Phi) is 8.15. The average molecular weight is 612 g/mol. The van der Waals surface area contributed by atoms with Gasteiger partial charge >= 0.3 is 6.16 Å². The van der Waals surface area contributed by atoms with Crippen LogP contribution in [0.4, 0.5) is 4.79 Å². The van der Waals surface area contributed by atoms with Gasteiger partial charge in [-0.3, -0.25) is 9.36 Å². The molecule has 0 aliphatic rings. The zero-order valence-corrected chi connectivity index (χ0v) is 25.9. The molecule has 0 amide bonds. The number of ether oxygens (including phenoxy) is 1. The first-order valence-electron chi connectivity index (χ1n) is 14.0. The van der Waals surface area contributed by atoms with Crippen LogP contribution in [0.15, 0.2) is 107 Å². The first-order chi connectivity index (χ1) is 20.8. The van der Waals surface area contributed by atoms with Crippen LogP contribution in [-0.2, 0) is 15.4 Å². The highest BCUT2D eigenvalue weighted by molar-refractivity contribution is 7.89. The molecule has 44 heavy (non-hydrogen) atoms. The highest BCUT2D eigenvalue weighted by Crippen LogP contribution is 2.30. The van der Waals surface area contributed by atoms with Crippen LogP contribution in [0, 0.1) is 0 Å². The minimum Gasteiger partial charge on any atom is -0.449 e. The Balaban J connectivity index is 1.55. The monoisotopic (exact) mass is 611 g/mol. The predicted molar refractivity (Wildman–Crippen MR) is 170 cm³/mol. The fourth-order valence-electron chi connectivity index (χ4n) is 4.96.